The van der Waals surface area contributed by atoms with E-state index in [-0.39, 0.29) is 21.6 Å². The predicted molar refractivity (Wildman–Crippen MR) is 110 cm³/mol. The third-order valence-electron chi connectivity index (χ3n) is 3.61. The summed E-state index contributed by atoms with van der Waals surface area (Å²) in [6.45, 7) is 1.92. The summed E-state index contributed by atoms with van der Waals surface area (Å²) in [7, 11) is 0. The van der Waals surface area contributed by atoms with Crippen LogP contribution in [0.4, 0.5) is 17.1 Å². The predicted octanol–water partition coefficient (Wildman–Crippen LogP) is 5.90. The van der Waals surface area contributed by atoms with E-state index in [4.69, 9.17) is 34.8 Å². The van der Waals surface area contributed by atoms with Crippen molar-refractivity contribution in [1.29, 1.82) is 0 Å². The van der Waals surface area contributed by atoms with Crippen LogP contribution in [0, 0.1) is 27.2 Å². The topological polar surface area (TPSA) is 111 Å². The third kappa shape index (κ3) is 5.66. The molecule has 0 bridgehead atoms. The third-order valence-corrected chi connectivity index (χ3v) is 4.58. The lowest BCUT2D eigenvalue weighted by Gasteiger charge is -2.09. The normalized spacial score (nSPS) is 11.1. The summed E-state index contributed by atoms with van der Waals surface area (Å²) in [6.07, 6.45) is 0.0702. The zero-order valence-corrected chi connectivity index (χ0v) is 16.6. The summed E-state index contributed by atoms with van der Waals surface area (Å²) in [5, 5.41) is 26.4. The molecule has 2 aromatic rings. The van der Waals surface area contributed by atoms with E-state index in [1.807, 2.05) is 19.1 Å². The second-order valence-corrected chi connectivity index (χ2v) is 7.00. The Hall–Kier alpha value is -2.68. The average molecular weight is 444 g/mol. The van der Waals surface area contributed by atoms with E-state index in [0.29, 0.717) is 11.3 Å². The number of nitrogens with zero attached hydrogens (tertiary/aromatic N) is 3. The van der Waals surface area contributed by atoms with Gasteiger partial charge in [0.1, 0.15) is 10.2 Å². The monoisotopic (exact) mass is 442 g/mol. The molecule has 0 spiro atoms. The molecule has 28 heavy (non-hydrogen) atoms. The van der Waals surface area contributed by atoms with Crippen LogP contribution in [0.25, 0.3) is 0 Å². The molecule has 2 rings (SSSR count). The van der Waals surface area contributed by atoms with Gasteiger partial charge in [0.25, 0.3) is 5.69 Å². The number of benzene rings is 2. The van der Waals surface area contributed by atoms with Crippen LogP contribution < -0.4 is 5.43 Å². The highest BCUT2D eigenvalue weighted by Gasteiger charge is 2.19. The maximum Gasteiger partial charge on any atom is 0.301 e. The highest BCUT2D eigenvalue weighted by Crippen LogP contribution is 2.29. The molecule has 2 aromatic carbocycles. The fourth-order valence-corrected chi connectivity index (χ4v) is 2.43. The van der Waals surface area contributed by atoms with Gasteiger partial charge in [-0.1, -0.05) is 64.6 Å². The lowest BCUT2D eigenvalue weighted by atomic mass is 10.1. The molecule has 0 fully saturated rings. The fourth-order valence-electron chi connectivity index (χ4n) is 2.17. The Kier molecular flexibility index (Phi) is 7.33. The van der Waals surface area contributed by atoms with Gasteiger partial charge in [-0.05, 0) is 18.6 Å². The lowest BCUT2D eigenvalue weighted by molar-refractivity contribution is -0.393. The number of nitro groups is 2. The van der Waals surface area contributed by atoms with Crippen molar-refractivity contribution in [3.8, 4) is 0 Å². The summed E-state index contributed by atoms with van der Waals surface area (Å²) in [6, 6.07) is 10.5. The number of hydrogen-bond donors (Lipinski definition) is 1. The number of aryl methyl sites for hydroxylation is 1. The van der Waals surface area contributed by atoms with E-state index >= 15 is 0 Å². The number of rotatable bonds is 7. The summed E-state index contributed by atoms with van der Waals surface area (Å²) in [4.78, 5) is 20.6. The van der Waals surface area contributed by atoms with Crippen LogP contribution in [0.3, 0.4) is 0 Å². The van der Waals surface area contributed by atoms with Crippen LogP contribution in [0.15, 0.2) is 57.1 Å². The minimum absolute atomic E-state index is 0.0164. The minimum Gasteiger partial charge on any atom is -0.271 e. The van der Waals surface area contributed by atoms with Gasteiger partial charge in [-0.2, -0.15) is 5.10 Å². The number of hydrogen-bond acceptors (Lipinski definition) is 6. The maximum atomic E-state index is 11.2. The average Bonchev–Trinajstić information content (AvgIpc) is 2.65. The van der Waals surface area contributed by atoms with E-state index in [9.17, 15) is 20.2 Å². The summed E-state index contributed by atoms with van der Waals surface area (Å²) in [5.74, 6) is 0. The summed E-state index contributed by atoms with van der Waals surface area (Å²) < 4.78 is -0.122. The van der Waals surface area contributed by atoms with Crippen LogP contribution in [0.5, 0.6) is 0 Å². The molecule has 0 aliphatic rings. The first-order valence-corrected chi connectivity index (χ1v) is 8.84. The van der Waals surface area contributed by atoms with E-state index in [1.54, 1.807) is 12.1 Å². The zero-order chi connectivity index (χ0) is 20.8. The van der Waals surface area contributed by atoms with Crippen LogP contribution in [0.1, 0.15) is 17.5 Å². The number of non-ortho nitro benzene ring substituents is 1. The van der Waals surface area contributed by atoms with Crippen LogP contribution in [0.2, 0.25) is 0 Å². The summed E-state index contributed by atoms with van der Waals surface area (Å²) in [5.41, 5.74) is 3.80. The summed E-state index contributed by atoms with van der Waals surface area (Å²) >= 11 is 17.4. The standard InChI is InChI=1S/C17H13Cl3N4O4/c1-10-2-4-11(5-3-10)15(9-13(18)17(19)20)22-21-14-7-6-12(23(25)26)8-16(14)24(27)28/h2-8,21H,9H2,1H3. The Bertz CT molecular complexity index is 971. The molecule has 0 unspecified atom stereocenters. The molecule has 8 nitrogen and oxygen atoms in total. The second kappa shape index (κ2) is 9.50. The van der Waals surface area contributed by atoms with Crippen molar-refractivity contribution in [3.05, 3.63) is 83.3 Å². The number of anilines is 1. The highest BCUT2D eigenvalue weighted by molar-refractivity contribution is 6.59. The van der Waals surface area contributed by atoms with Gasteiger partial charge in [-0.15, -0.1) is 0 Å². The minimum atomic E-state index is -0.737. The Balaban J connectivity index is 2.44. The smallest absolute Gasteiger partial charge is 0.271 e. The molecule has 0 amide bonds. The number of nitrogens with one attached hydrogen (secondary N) is 1. The van der Waals surface area contributed by atoms with Gasteiger partial charge in [-0.3, -0.25) is 25.7 Å². The first-order chi connectivity index (χ1) is 13.2. The van der Waals surface area contributed by atoms with Crippen molar-refractivity contribution in [1.82, 2.24) is 0 Å². The Labute approximate surface area is 174 Å². The molecule has 1 N–H and O–H groups in total. The van der Waals surface area contributed by atoms with Gasteiger partial charge in [0, 0.05) is 12.5 Å². The first-order valence-electron chi connectivity index (χ1n) is 7.71. The van der Waals surface area contributed by atoms with Crippen molar-refractivity contribution < 1.29 is 9.85 Å². The molecule has 146 valence electrons. The van der Waals surface area contributed by atoms with Crippen LogP contribution in [-0.2, 0) is 0 Å². The molecule has 0 atom stereocenters. The lowest BCUT2D eigenvalue weighted by Crippen LogP contribution is -2.06. The van der Waals surface area contributed by atoms with E-state index in [0.717, 1.165) is 17.7 Å². The fraction of sp³-hybridized carbons (Fsp3) is 0.118. The van der Waals surface area contributed by atoms with E-state index < -0.39 is 21.2 Å². The molecule has 0 aliphatic heterocycles. The number of allylic oxidation sites excluding steroid dienone is 1. The van der Waals surface area contributed by atoms with Gasteiger partial charge in [0.05, 0.1) is 26.7 Å². The molecule has 0 heterocycles. The molecule has 0 aromatic heterocycles. The Morgan fingerprint density at radius 1 is 1.04 bits per heavy atom. The molecule has 0 radical (unpaired) electrons. The van der Waals surface area contributed by atoms with Gasteiger partial charge in [0.2, 0.25) is 0 Å². The molecule has 0 aliphatic carbocycles. The maximum absolute atomic E-state index is 11.2. The Morgan fingerprint density at radius 3 is 2.21 bits per heavy atom. The molecule has 0 saturated carbocycles. The quantitative estimate of drug-likeness (QED) is 0.325. The largest absolute Gasteiger partial charge is 0.301 e. The van der Waals surface area contributed by atoms with Crippen molar-refractivity contribution in [2.75, 3.05) is 5.43 Å². The van der Waals surface area contributed by atoms with Crippen LogP contribution in [-0.4, -0.2) is 15.6 Å². The van der Waals surface area contributed by atoms with Gasteiger partial charge in [-0.25, -0.2) is 0 Å². The number of nitro benzene ring substituents is 2. The molecule has 0 saturated heterocycles. The molecular formula is C17H13Cl3N4O4. The van der Waals surface area contributed by atoms with Crippen molar-refractivity contribution in [2.24, 2.45) is 5.10 Å². The second-order valence-electron chi connectivity index (χ2n) is 5.59. The van der Waals surface area contributed by atoms with Crippen LogP contribution >= 0.6 is 34.8 Å². The Morgan fingerprint density at radius 2 is 1.68 bits per heavy atom. The van der Waals surface area contributed by atoms with Gasteiger partial charge >= 0.3 is 5.69 Å². The van der Waals surface area contributed by atoms with Crippen molar-refractivity contribution in [2.45, 2.75) is 13.3 Å². The van der Waals surface area contributed by atoms with E-state index in [1.165, 1.54) is 6.07 Å². The highest BCUT2D eigenvalue weighted by atomic mass is 35.5. The molecule has 11 heteroatoms. The first kappa shape index (κ1) is 21.6. The SMILES string of the molecule is Cc1ccc(C(CC(Cl)=C(Cl)Cl)=NNc2ccc([N+](=O)[O-])cc2[N+](=O)[O-])cc1. The molecular weight excluding hydrogens is 431 g/mol. The van der Waals surface area contributed by atoms with Crippen molar-refractivity contribution >= 4 is 57.6 Å². The number of halogens is 3. The number of hydrazone groups is 1. The van der Waals surface area contributed by atoms with Crippen molar-refractivity contribution in [3.63, 3.8) is 0 Å². The zero-order valence-electron chi connectivity index (χ0n) is 14.4. The van der Waals surface area contributed by atoms with Gasteiger partial charge < -0.3 is 0 Å². The van der Waals surface area contributed by atoms with E-state index in [2.05, 4.69) is 10.5 Å². The van der Waals surface area contributed by atoms with Gasteiger partial charge in [0.15, 0.2) is 0 Å².